The SMILES string of the molecule is CC(O)C(Oc1cccc(N)c1)Oc1cccc2oc(=O)c3c(c12)CCCC3.Cl. The first-order chi connectivity index (χ1) is 13.5. The molecule has 0 spiro atoms. The minimum absolute atomic E-state index is 0. The van der Waals surface area contributed by atoms with Crippen molar-refractivity contribution in [3.63, 3.8) is 0 Å². The second-order valence-electron chi connectivity index (χ2n) is 7.10. The Morgan fingerprint density at radius 3 is 2.52 bits per heavy atom. The van der Waals surface area contributed by atoms with Crippen LogP contribution in [0.2, 0.25) is 0 Å². The number of hydrogen-bond donors (Lipinski definition) is 2. The summed E-state index contributed by atoms with van der Waals surface area (Å²) in [4.78, 5) is 12.3. The maximum Gasteiger partial charge on any atom is 0.339 e. The lowest BCUT2D eigenvalue weighted by Crippen LogP contribution is -2.35. The van der Waals surface area contributed by atoms with E-state index in [-0.39, 0.29) is 18.0 Å². The first-order valence-corrected chi connectivity index (χ1v) is 9.47. The third-order valence-electron chi connectivity index (χ3n) is 4.95. The Morgan fingerprint density at radius 1 is 1.07 bits per heavy atom. The number of fused-ring (bicyclic) bond motifs is 3. The molecule has 3 aromatic rings. The summed E-state index contributed by atoms with van der Waals surface area (Å²) >= 11 is 0. The Balaban J connectivity index is 0.00000240. The molecule has 0 saturated heterocycles. The van der Waals surface area contributed by atoms with E-state index in [1.165, 1.54) is 0 Å². The molecule has 1 aliphatic carbocycles. The van der Waals surface area contributed by atoms with Crippen LogP contribution in [0.4, 0.5) is 5.69 Å². The zero-order valence-electron chi connectivity index (χ0n) is 16.1. The lowest BCUT2D eigenvalue weighted by molar-refractivity contribution is -0.0770. The van der Waals surface area contributed by atoms with E-state index in [0.29, 0.717) is 29.2 Å². The first-order valence-electron chi connectivity index (χ1n) is 9.47. The van der Waals surface area contributed by atoms with Crippen LogP contribution >= 0.6 is 12.4 Å². The van der Waals surface area contributed by atoms with Crippen molar-refractivity contribution >= 4 is 29.1 Å². The second-order valence-corrected chi connectivity index (χ2v) is 7.10. The lowest BCUT2D eigenvalue weighted by Gasteiger charge is -2.25. The summed E-state index contributed by atoms with van der Waals surface area (Å²) in [5, 5.41) is 11.0. The Morgan fingerprint density at radius 2 is 1.79 bits per heavy atom. The molecule has 6 nitrogen and oxygen atoms in total. The number of aliphatic hydroxyl groups excluding tert-OH is 1. The largest absolute Gasteiger partial charge is 0.452 e. The molecule has 1 aromatic heterocycles. The maximum absolute atomic E-state index is 12.3. The zero-order valence-corrected chi connectivity index (χ0v) is 16.9. The average molecular weight is 418 g/mol. The van der Waals surface area contributed by atoms with Gasteiger partial charge in [-0.3, -0.25) is 0 Å². The molecule has 0 fully saturated rings. The maximum atomic E-state index is 12.3. The van der Waals surface area contributed by atoms with E-state index < -0.39 is 12.4 Å². The molecule has 0 aliphatic heterocycles. The number of aliphatic hydroxyl groups is 1. The van der Waals surface area contributed by atoms with Gasteiger partial charge < -0.3 is 24.7 Å². The smallest absolute Gasteiger partial charge is 0.339 e. The number of nitrogens with two attached hydrogens (primary N) is 1. The number of nitrogen functional groups attached to an aromatic ring is 1. The van der Waals surface area contributed by atoms with Gasteiger partial charge in [0.2, 0.25) is 0 Å². The molecule has 2 atom stereocenters. The van der Waals surface area contributed by atoms with Gasteiger partial charge in [0.15, 0.2) is 0 Å². The molecule has 1 aliphatic rings. The van der Waals surface area contributed by atoms with Gasteiger partial charge in [0.1, 0.15) is 23.2 Å². The van der Waals surface area contributed by atoms with Crippen LogP contribution in [0, 0.1) is 0 Å². The van der Waals surface area contributed by atoms with E-state index in [1.807, 2.05) is 0 Å². The number of halogens is 1. The predicted molar refractivity (Wildman–Crippen MR) is 114 cm³/mol. The van der Waals surface area contributed by atoms with Crippen molar-refractivity contribution in [1.29, 1.82) is 0 Å². The van der Waals surface area contributed by atoms with Gasteiger partial charge in [-0.25, -0.2) is 4.79 Å². The molecule has 7 heteroatoms. The second kappa shape index (κ2) is 8.76. The minimum Gasteiger partial charge on any atom is -0.452 e. The Hall–Kier alpha value is -2.70. The number of benzene rings is 2. The van der Waals surface area contributed by atoms with Gasteiger partial charge >= 0.3 is 5.63 Å². The molecular formula is C22H24ClNO5. The number of anilines is 1. The number of ether oxygens (including phenoxy) is 2. The fraction of sp³-hybridized carbons (Fsp3) is 0.318. The fourth-order valence-corrected chi connectivity index (χ4v) is 3.63. The van der Waals surface area contributed by atoms with E-state index in [2.05, 4.69) is 0 Å². The highest BCUT2D eigenvalue weighted by atomic mass is 35.5. The van der Waals surface area contributed by atoms with Crippen molar-refractivity contribution in [3.05, 3.63) is 64.0 Å². The highest BCUT2D eigenvalue weighted by Crippen LogP contribution is 2.34. The molecule has 1 heterocycles. The third kappa shape index (κ3) is 4.33. The van der Waals surface area contributed by atoms with E-state index in [0.717, 1.165) is 35.8 Å². The summed E-state index contributed by atoms with van der Waals surface area (Å²) in [5.74, 6) is 1.02. The van der Waals surface area contributed by atoms with Crippen LogP contribution in [0.15, 0.2) is 51.7 Å². The van der Waals surface area contributed by atoms with Crippen molar-refractivity contribution in [3.8, 4) is 11.5 Å². The molecule has 4 rings (SSSR count). The van der Waals surface area contributed by atoms with E-state index in [9.17, 15) is 9.90 Å². The molecule has 29 heavy (non-hydrogen) atoms. The van der Waals surface area contributed by atoms with Gasteiger partial charge in [-0.15, -0.1) is 12.4 Å². The first kappa shape index (κ1) is 21.0. The van der Waals surface area contributed by atoms with Gasteiger partial charge in [-0.2, -0.15) is 0 Å². The summed E-state index contributed by atoms with van der Waals surface area (Å²) in [6.45, 7) is 1.59. The summed E-state index contributed by atoms with van der Waals surface area (Å²) in [7, 11) is 0. The molecular weight excluding hydrogens is 394 g/mol. The zero-order chi connectivity index (χ0) is 19.7. The highest BCUT2D eigenvalue weighted by Gasteiger charge is 2.24. The summed E-state index contributed by atoms with van der Waals surface area (Å²) in [5.41, 5.74) is 8.26. The Labute approximate surface area is 174 Å². The van der Waals surface area contributed by atoms with E-state index in [1.54, 1.807) is 49.4 Å². The van der Waals surface area contributed by atoms with Crippen LogP contribution in [0.3, 0.4) is 0 Å². The molecule has 2 unspecified atom stereocenters. The molecule has 154 valence electrons. The van der Waals surface area contributed by atoms with Crippen molar-refractivity contribution < 1.29 is 19.0 Å². The van der Waals surface area contributed by atoms with Crippen molar-refractivity contribution in [1.82, 2.24) is 0 Å². The topological polar surface area (TPSA) is 94.9 Å². The Bertz CT molecular complexity index is 1060. The average Bonchev–Trinajstić information content (AvgIpc) is 2.67. The van der Waals surface area contributed by atoms with Gasteiger partial charge in [-0.05, 0) is 62.4 Å². The highest BCUT2D eigenvalue weighted by molar-refractivity contribution is 5.88. The van der Waals surface area contributed by atoms with Crippen LogP contribution < -0.4 is 20.8 Å². The van der Waals surface area contributed by atoms with Crippen LogP contribution in [-0.2, 0) is 12.8 Å². The van der Waals surface area contributed by atoms with Gasteiger partial charge in [-0.1, -0.05) is 12.1 Å². The molecule has 0 saturated carbocycles. The number of aryl methyl sites for hydroxylation is 1. The van der Waals surface area contributed by atoms with Crippen molar-refractivity contribution in [2.75, 3.05) is 5.73 Å². The minimum atomic E-state index is -0.946. The van der Waals surface area contributed by atoms with E-state index >= 15 is 0 Å². The predicted octanol–water partition coefficient (Wildman–Crippen LogP) is 3.84. The Kier molecular flexibility index (Phi) is 6.35. The van der Waals surface area contributed by atoms with E-state index in [4.69, 9.17) is 19.6 Å². The number of hydrogen-bond acceptors (Lipinski definition) is 6. The molecule has 0 amide bonds. The fourth-order valence-electron chi connectivity index (χ4n) is 3.63. The quantitative estimate of drug-likeness (QED) is 0.372. The summed E-state index contributed by atoms with van der Waals surface area (Å²) in [6.07, 6.45) is 1.65. The molecule has 0 bridgehead atoms. The van der Waals surface area contributed by atoms with Gasteiger partial charge in [0.25, 0.3) is 6.29 Å². The van der Waals surface area contributed by atoms with Crippen LogP contribution in [0.25, 0.3) is 11.0 Å². The van der Waals surface area contributed by atoms with Crippen molar-refractivity contribution in [2.45, 2.75) is 45.0 Å². The van der Waals surface area contributed by atoms with Crippen LogP contribution in [0.5, 0.6) is 11.5 Å². The van der Waals surface area contributed by atoms with Crippen LogP contribution in [-0.4, -0.2) is 17.5 Å². The van der Waals surface area contributed by atoms with Crippen LogP contribution in [0.1, 0.15) is 30.9 Å². The standard InChI is InChI=1S/C22H23NO5.ClH/c1-13(24)22(26-15-7-4-6-14(23)12-15)28-19-11-5-10-18-20(19)16-8-2-3-9-17(16)21(25)27-18;/h4-7,10-13,22,24H,2-3,8-9,23H2,1H3;1H. The number of rotatable bonds is 5. The molecule has 0 radical (unpaired) electrons. The summed E-state index contributed by atoms with van der Waals surface area (Å²) < 4.78 is 17.4. The third-order valence-corrected chi connectivity index (χ3v) is 4.95. The van der Waals surface area contributed by atoms with Gasteiger partial charge in [0.05, 0.1) is 5.39 Å². The monoisotopic (exact) mass is 417 g/mol. The van der Waals surface area contributed by atoms with Crippen molar-refractivity contribution in [2.24, 2.45) is 0 Å². The summed E-state index contributed by atoms with van der Waals surface area (Å²) in [6, 6.07) is 12.3. The molecule has 2 aromatic carbocycles. The lowest BCUT2D eigenvalue weighted by atomic mass is 9.90. The molecule has 3 N–H and O–H groups in total. The van der Waals surface area contributed by atoms with Gasteiger partial charge in [0, 0.05) is 17.3 Å². The normalized spacial score (nSPS) is 15.1.